The summed E-state index contributed by atoms with van der Waals surface area (Å²) < 4.78 is 34.8. The Morgan fingerprint density at radius 3 is 2.69 bits per heavy atom. The van der Waals surface area contributed by atoms with Gasteiger partial charge in [0.2, 0.25) is 0 Å². The molecule has 2 aromatic rings. The quantitative estimate of drug-likeness (QED) is 0.749. The van der Waals surface area contributed by atoms with Crippen molar-refractivity contribution in [2.24, 2.45) is 0 Å². The van der Waals surface area contributed by atoms with E-state index in [0.29, 0.717) is 23.0 Å². The van der Waals surface area contributed by atoms with Gasteiger partial charge in [0.05, 0.1) is 23.1 Å². The summed E-state index contributed by atoms with van der Waals surface area (Å²) in [5, 5.41) is 0.414. The molecule has 1 aliphatic rings. The third-order valence-electron chi connectivity index (χ3n) is 4.28. The monoisotopic (exact) mass is 397 g/mol. The lowest BCUT2D eigenvalue weighted by atomic mass is 10.2. The van der Waals surface area contributed by atoms with Gasteiger partial charge >= 0.3 is 0 Å². The molecule has 0 N–H and O–H groups in total. The second-order valence-corrected chi connectivity index (χ2v) is 8.95. The zero-order valence-electron chi connectivity index (χ0n) is 14.4. The van der Waals surface area contributed by atoms with Crippen LogP contribution in [-0.2, 0) is 21.2 Å². The van der Waals surface area contributed by atoms with E-state index >= 15 is 0 Å². The molecule has 1 fully saturated rings. The summed E-state index contributed by atoms with van der Waals surface area (Å²) in [4.78, 5) is 14.3. The van der Waals surface area contributed by atoms with E-state index in [-0.39, 0.29) is 36.6 Å². The molecule has 1 amide bonds. The Morgan fingerprint density at radius 1 is 1.31 bits per heavy atom. The van der Waals surface area contributed by atoms with E-state index in [1.807, 2.05) is 13.0 Å². The number of benzene rings is 1. The van der Waals surface area contributed by atoms with Crippen LogP contribution in [0.25, 0.3) is 0 Å². The molecule has 1 atom stereocenters. The number of amides is 1. The number of rotatable bonds is 6. The number of furan rings is 1. The SMILES string of the molecule is Cc1ccc(CN(C(=O)COc2ccccc2Cl)[C@@H]2CCS(=O)(=O)C2)o1. The maximum atomic E-state index is 12.8. The number of hydrogen-bond acceptors (Lipinski definition) is 5. The maximum absolute atomic E-state index is 12.8. The topological polar surface area (TPSA) is 76.8 Å². The summed E-state index contributed by atoms with van der Waals surface area (Å²) in [5.74, 6) is 1.50. The van der Waals surface area contributed by atoms with E-state index in [1.54, 1.807) is 30.3 Å². The Labute approximate surface area is 157 Å². The molecule has 1 aromatic carbocycles. The summed E-state index contributed by atoms with van der Waals surface area (Å²) in [6, 6.07) is 10.1. The normalized spacial score (nSPS) is 18.6. The van der Waals surface area contributed by atoms with Crippen LogP contribution in [0.5, 0.6) is 5.75 Å². The lowest BCUT2D eigenvalue weighted by Crippen LogP contribution is -2.43. The van der Waals surface area contributed by atoms with Gasteiger partial charge in [-0.1, -0.05) is 23.7 Å². The summed E-state index contributed by atoms with van der Waals surface area (Å²) >= 11 is 6.04. The van der Waals surface area contributed by atoms with Gasteiger partial charge in [0, 0.05) is 6.04 Å². The molecular formula is C18H20ClNO5S. The van der Waals surface area contributed by atoms with Crippen molar-refractivity contribution < 1.29 is 22.4 Å². The molecule has 1 aliphatic heterocycles. The molecule has 1 saturated heterocycles. The number of hydrogen-bond donors (Lipinski definition) is 0. The first-order valence-corrected chi connectivity index (χ1v) is 10.5. The van der Waals surface area contributed by atoms with Gasteiger partial charge in [0.15, 0.2) is 16.4 Å². The largest absolute Gasteiger partial charge is 0.482 e. The van der Waals surface area contributed by atoms with E-state index in [2.05, 4.69) is 0 Å². The van der Waals surface area contributed by atoms with Crippen LogP contribution in [0, 0.1) is 6.92 Å². The second-order valence-electron chi connectivity index (χ2n) is 6.31. The molecule has 1 aromatic heterocycles. The Hall–Kier alpha value is -1.99. The average Bonchev–Trinajstić information content (AvgIpc) is 3.16. The van der Waals surface area contributed by atoms with Crippen LogP contribution in [0.1, 0.15) is 17.9 Å². The van der Waals surface area contributed by atoms with Crippen LogP contribution in [-0.4, -0.2) is 43.4 Å². The highest BCUT2D eigenvalue weighted by Crippen LogP contribution is 2.24. The van der Waals surface area contributed by atoms with Crippen LogP contribution in [0.3, 0.4) is 0 Å². The first kappa shape index (κ1) is 18.8. The average molecular weight is 398 g/mol. The second kappa shape index (κ2) is 7.72. The summed E-state index contributed by atoms with van der Waals surface area (Å²) in [5.41, 5.74) is 0. The van der Waals surface area contributed by atoms with Gasteiger partial charge in [-0.05, 0) is 37.6 Å². The Kier molecular flexibility index (Phi) is 5.58. The van der Waals surface area contributed by atoms with Crippen LogP contribution < -0.4 is 4.74 Å². The van der Waals surface area contributed by atoms with Crippen molar-refractivity contribution >= 4 is 27.3 Å². The standard InChI is InChI=1S/C18H20ClNO5S/c1-13-6-7-15(25-13)10-20(14-8-9-26(22,23)12-14)18(21)11-24-17-5-3-2-4-16(17)19/h2-7,14H,8-12H2,1H3/t14-/m1/s1. The van der Waals surface area contributed by atoms with Gasteiger partial charge in [-0.25, -0.2) is 8.42 Å². The number of sulfone groups is 1. The number of halogens is 1. The molecule has 2 heterocycles. The molecular weight excluding hydrogens is 378 g/mol. The lowest BCUT2D eigenvalue weighted by Gasteiger charge is -2.27. The Morgan fingerprint density at radius 2 is 2.08 bits per heavy atom. The van der Waals surface area contributed by atoms with Crippen molar-refractivity contribution in [1.29, 1.82) is 0 Å². The van der Waals surface area contributed by atoms with E-state index in [1.165, 1.54) is 4.90 Å². The van der Waals surface area contributed by atoms with Gasteiger partial charge in [-0.2, -0.15) is 0 Å². The lowest BCUT2D eigenvalue weighted by molar-refractivity contribution is -0.136. The molecule has 0 spiro atoms. The third kappa shape index (κ3) is 4.59. The van der Waals surface area contributed by atoms with Crippen LogP contribution in [0.4, 0.5) is 0 Å². The van der Waals surface area contributed by atoms with Gasteiger partial charge in [-0.15, -0.1) is 0 Å². The molecule has 0 bridgehead atoms. The van der Waals surface area contributed by atoms with Crippen molar-refractivity contribution in [3.05, 3.63) is 52.9 Å². The minimum Gasteiger partial charge on any atom is -0.482 e. The zero-order chi connectivity index (χ0) is 18.7. The number of para-hydroxylation sites is 1. The van der Waals surface area contributed by atoms with Crippen molar-refractivity contribution in [3.63, 3.8) is 0 Å². The summed E-state index contributed by atoms with van der Waals surface area (Å²) in [6.45, 7) is 1.80. The van der Waals surface area contributed by atoms with Gasteiger partial charge in [0.25, 0.3) is 5.91 Å². The smallest absolute Gasteiger partial charge is 0.261 e. The summed E-state index contributed by atoms with van der Waals surface area (Å²) in [7, 11) is -3.12. The molecule has 26 heavy (non-hydrogen) atoms. The first-order valence-electron chi connectivity index (χ1n) is 8.26. The number of ether oxygens (including phenoxy) is 1. The van der Waals surface area contributed by atoms with Crippen LogP contribution in [0.2, 0.25) is 5.02 Å². The fourth-order valence-corrected chi connectivity index (χ4v) is 4.89. The van der Waals surface area contributed by atoms with Gasteiger partial charge in [-0.3, -0.25) is 4.79 Å². The molecule has 0 aliphatic carbocycles. The van der Waals surface area contributed by atoms with Crippen LogP contribution >= 0.6 is 11.6 Å². The van der Waals surface area contributed by atoms with Crippen molar-refractivity contribution in [3.8, 4) is 5.75 Å². The molecule has 8 heteroatoms. The van der Waals surface area contributed by atoms with Crippen molar-refractivity contribution in [1.82, 2.24) is 4.90 Å². The maximum Gasteiger partial charge on any atom is 0.261 e. The van der Waals surface area contributed by atoms with E-state index in [9.17, 15) is 13.2 Å². The molecule has 0 unspecified atom stereocenters. The minimum atomic E-state index is -3.12. The van der Waals surface area contributed by atoms with E-state index < -0.39 is 9.84 Å². The Balaban J connectivity index is 1.73. The van der Waals surface area contributed by atoms with Crippen molar-refractivity contribution in [2.45, 2.75) is 25.9 Å². The minimum absolute atomic E-state index is 0.0372. The summed E-state index contributed by atoms with van der Waals surface area (Å²) in [6.07, 6.45) is 0.417. The Bertz CT molecular complexity index is 892. The predicted molar refractivity (Wildman–Crippen MR) is 98.0 cm³/mol. The van der Waals surface area contributed by atoms with Gasteiger partial charge in [0.1, 0.15) is 17.3 Å². The highest BCUT2D eigenvalue weighted by molar-refractivity contribution is 7.91. The highest BCUT2D eigenvalue weighted by atomic mass is 35.5. The van der Waals surface area contributed by atoms with Crippen LogP contribution in [0.15, 0.2) is 40.8 Å². The number of carbonyl (C=O) groups excluding carboxylic acids is 1. The molecule has 3 rings (SSSR count). The third-order valence-corrected chi connectivity index (χ3v) is 6.34. The molecule has 140 valence electrons. The number of carbonyl (C=O) groups is 1. The van der Waals surface area contributed by atoms with Crippen molar-refractivity contribution in [2.75, 3.05) is 18.1 Å². The molecule has 6 nitrogen and oxygen atoms in total. The van der Waals surface area contributed by atoms with Gasteiger partial charge < -0.3 is 14.1 Å². The molecule has 0 saturated carbocycles. The fraction of sp³-hybridized carbons (Fsp3) is 0.389. The predicted octanol–water partition coefficient (Wildman–Crippen LogP) is 2.84. The van der Waals surface area contributed by atoms with E-state index in [4.69, 9.17) is 20.8 Å². The highest BCUT2D eigenvalue weighted by Gasteiger charge is 2.35. The molecule has 0 radical (unpaired) electrons. The fourth-order valence-electron chi connectivity index (χ4n) is 2.96. The van der Waals surface area contributed by atoms with E-state index in [0.717, 1.165) is 5.76 Å². The zero-order valence-corrected chi connectivity index (χ0v) is 15.9. The first-order chi connectivity index (χ1) is 12.3. The number of nitrogens with zero attached hydrogens (tertiary/aromatic N) is 1. The number of aryl methyl sites for hydroxylation is 1.